The number of hydrogen-bond acceptors (Lipinski definition) is 4. The minimum absolute atomic E-state index is 0.117. The van der Waals surface area contributed by atoms with Gasteiger partial charge in [-0.15, -0.1) is 0 Å². The molecule has 0 spiro atoms. The van der Waals surface area contributed by atoms with Gasteiger partial charge in [-0.1, -0.05) is 13.3 Å². The summed E-state index contributed by atoms with van der Waals surface area (Å²) in [6, 6.07) is 0. The molecule has 0 aromatic carbocycles. The molecular weight excluding hydrogens is 247 g/mol. The molecule has 0 radical (unpaired) electrons. The molecule has 0 bridgehead atoms. The molecular formula is C11H19FO4S. The third kappa shape index (κ3) is 10.3. The van der Waals surface area contributed by atoms with E-state index in [1.54, 1.807) is 0 Å². The van der Waals surface area contributed by atoms with Gasteiger partial charge in [0.2, 0.25) is 0 Å². The second-order valence-electron chi connectivity index (χ2n) is 3.33. The fraction of sp³-hybridized carbons (Fsp3) is 0.727. The van der Waals surface area contributed by atoms with Crippen molar-refractivity contribution in [3.05, 3.63) is 11.2 Å². The summed E-state index contributed by atoms with van der Waals surface area (Å²) in [5.74, 6) is -0.380. The molecule has 4 nitrogen and oxygen atoms in total. The van der Waals surface area contributed by atoms with Crippen LogP contribution in [-0.4, -0.2) is 36.1 Å². The summed E-state index contributed by atoms with van der Waals surface area (Å²) in [6.07, 6.45) is 2.97. The largest absolute Gasteiger partial charge is 0.610 e. The zero-order valence-electron chi connectivity index (χ0n) is 10.2. The van der Waals surface area contributed by atoms with Crippen LogP contribution in [0.5, 0.6) is 0 Å². The molecule has 0 heterocycles. The second-order valence-corrected chi connectivity index (χ2v) is 4.82. The highest BCUT2D eigenvalue weighted by Gasteiger charge is 2.13. The van der Waals surface area contributed by atoms with Crippen LogP contribution in [0.4, 0.5) is 4.39 Å². The molecule has 6 heteroatoms. The van der Waals surface area contributed by atoms with Gasteiger partial charge in [0.25, 0.3) is 5.16 Å². The van der Waals surface area contributed by atoms with Crippen LogP contribution in [0.1, 0.15) is 26.7 Å². The number of hydrogen-bond donors (Lipinski definition) is 0. The van der Waals surface area contributed by atoms with Crippen molar-refractivity contribution in [1.82, 2.24) is 0 Å². The lowest BCUT2D eigenvalue weighted by Gasteiger charge is -2.08. The van der Waals surface area contributed by atoms with E-state index in [2.05, 4.69) is 4.74 Å². The molecule has 1 atom stereocenters. The average molecular weight is 266 g/mol. The topological polar surface area (TPSA) is 58.6 Å². The number of carbonyl (C=O) groups excluding carboxylic acids is 1. The van der Waals surface area contributed by atoms with Gasteiger partial charge in [0.15, 0.2) is 0 Å². The Morgan fingerprint density at radius 2 is 2.18 bits per heavy atom. The van der Waals surface area contributed by atoms with Gasteiger partial charge in [-0.2, -0.15) is 4.39 Å². The van der Waals surface area contributed by atoms with E-state index in [1.807, 2.05) is 6.92 Å². The summed E-state index contributed by atoms with van der Waals surface area (Å²) < 4.78 is 34.1. The van der Waals surface area contributed by atoms with Crippen molar-refractivity contribution in [2.75, 3.05) is 25.6 Å². The predicted octanol–water partition coefficient (Wildman–Crippen LogP) is 1.93. The highest BCUT2D eigenvalue weighted by molar-refractivity contribution is 7.95. The molecule has 0 fully saturated rings. The zero-order chi connectivity index (χ0) is 13.1. The molecule has 0 aliphatic rings. The van der Waals surface area contributed by atoms with Crippen LogP contribution in [0, 0.1) is 0 Å². The maximum Gasteiger partial charge on any atom is 0.302 e. The van der Waals surface area contributed by atoms with E-state index < -0.39 is 22.3 Å². The van der Waals surface area contributed by atoms with Crippen molar-refractivity contribution in [3.8, 4) is 0 Å². The summed E-state index contributed by atoms with van der Waals surface area (Å²) >= 11 is -1.71. The maximum atomic E-state index is 13.1. The fourth-order valence-electron chi connectivity index (χ4n) is 0.898. The van der Waals surface area contributed by atoms with E-state index in [-0.39, 0.29) is 19.0 Å². The van der Waals surface area contributed by atoms with E-state index >= 15 is 0 Å². The van der Waals surface area contributed by atoms with Crippen molar-refractivity contribution in [2.24, 2.45) is 0 Å². The Kier molecular flexibility index (Phi) is 10.2. The first-order chi connectivity index (χ1) is 8.07. The normalized spacial score (nSPS) is 13.5. The van der Waals surface area contributed by atoms with E-state index in [4.69, 9.17) is 4.74 Å². The van der Waals surface area contributed by atoms with Crippen molar-refractivity contribution >= 4 is 17.1 Å². The molecule has 0 rings (SSSR count). The minimum Gasteiger partial charge on any atom is -0.610 e. The summed E-state index contributed by atoms with van der Waals surface area (Å²) in [5, 5.41) is -0.773. The van der Waals surface area contributed by atoms with Gasteiger partial charge >= 0.3 is 5.97 Å². The molecule has 17 heavy (non-hydrogen) atoms. The van der Waals surface area contributed by atoms with Gasteiger partial charge in [0, 0.05) is 30.8 Å². The minimum atomic E-state index is -1.71. The van der Waals surface area contributed by atoms with E-state index in [0.29, 0.717) is 6.61 Å². The Morgan fingerprint density at radius 3 is 2.76 bits per heavy atom. The lowest BCUT2D eigenvalue weighted by Crippen LogP contribution is -2.13. The quantitative estimate of drug-likeness (QED) is 0.363. The highest BCUT2D eigenvalue weighted by Crippen LogP contribution is 2.09. The van der Waals surface area contributed by atoms with Crippen molar-refractivity contribution < 1.29 is 23.2 Å². The van der Waals surface area contributed by atoms with Gasteiger partial charge in [-0.25, -0.2) is 0 Å². The monoisotopic (exact) mass is 266 g/mol. The number of carbonyl (C=O) groups is 1. The smallest absolute Gasteiger partial charge is 0.302 e. The molecule has 1 unspecified atom stereocenters. The molecule has 0 aliphatic heterocycles. The van der Waals surface area contributed by atoms with Crippen LogP contribution in [0.3, 0.4) is 0 Å². The summed E-state index contributed by atoms with van der Waals surface area (Å²) in [7, 11) is 0. The molecule has 0 N–H and O–H groups in total. The van der Waals surface area contributed by atoms with Crippen LogP contribution in [0.15, 0.2) is 11.2 Å². The van der Waals surface area contributed by atoms with E-state index in [1.165, 1.54) is 6.92 Å². The molecule has 0 aromatic rings. The number of rotatable bonds is 9. The van der Waals surface area contributed by atoms with Crippen LogP contribution in [0.25, 0.3) is 0 Å². The molecule has 0 amide bonds. The summed E-state index contributed by atoms with van der Waals surface area (Å²) in [5.41, 5.74) is 0. The van der Waals surface area contributed by atoms with E-state index in [9.17, 15) is 13.7 Å². The van der Waals surface area contributed by atoms with Crippen molar-refractivity contribution in [3.63, 3.8) is 0 Å². The van der Waals surface area contributed by atoms with E-state index in [0.717, 1.165) is 18.9 Å². The number of halogens is 1. The Balaban J connectivity index is 3.65. The first-order valence-electron chi connectivity index (χ1n) is 5.53. The van der Waals surface area contributed by atoms with Gasteiger partial charge < -0.3 is 14.0 Å². The Bertz CT molecular complexity index is 246. The van der Waals surface area contributed by atoms with Crippen molar-refractivity contribution in [1.29, 1.82) is 0 Å². The molecule has 0 aliphatic carbocycles. The van der Waals surface area contributed by atoms with Crippen LogP contribution >= 0.6 is 0 Å². The highest BCUT2D eigenvalue weighted by atomic mass is 32.2. The van der Waals surface area contributed by atoms with Gasteiger partial charge in [-0.3, -0.25) is 4.79 Å². The standard InChI is InChI=1S/C11H19FO4S/c1-3-4-6-15-8-9-17(14)11(12)5-7-16-10(2)13/h5H,3-4,6-9H2,1-2H3. The third-order valence-electron chi connectivity index (χ3n) is 1.80. The Labute approximate surface area is 104 Å². The first kappa shape index (κ1) is 16.4. The SMILES string of the molecule is CCCCOCC[S+]([O-])C(F)=CCOC(C)=O. The Hall–Kier alpha value is -0.590. The predicted molar refractivity (Wildman–Crippen MR) is 64.6 cm³/mol. The number of esters is 1. The lowest BCUT2D eigenvalue weighted by atomic mass is 10.4. The third-order valence-corrected chi connectivity index (χ3v) is 2.94. The maximum absolute atomic E-state index is 13.1. The average Bonchev–Trinajstić information content (AvgIpc) is 2.27. The molecule has 0 aromatic heterocycles. The summed E-state index contributed by atoms with van der Waals surface area (Å²) in [4.78, 5) is 10.4. The second kappa shape index (κ2) is 10.6. The fourth-order valence-corrected chi connectivity index (χ4v) is 1.62. The molecule has 0 saturated heterocycles. The summed E-state index contributed by atoms with van der Waals surface area (Å²) in [6.45, 7) is 3.95. The van der Waals surface area contributed by atoms with Crippen LogP contribution in [0.2, 0.25) is 0 Å². The van der Waals surface area contributed by atoms with Gasteiger partial charge in [-0.05, 0) is 6.42 Å². The lowest BCUT2D eigenvalue weighted by molar-refractivity contribution is -0.139. The first-order valence-corrected chi connectivity index (χ1v) is 6.85. The molecule has 0 saturated carbocycles. The Morgan fingerprint density at radius 1 is 1.47 bits per heavy atom. The van der Waals surface area contributed by atoms with Crippen LogP contribution in [-0.2, 0) is 25.4 Å². The zero-order valence-corrected chi connectivity index (χ0v) is 11.1. The van der Waals surface area contributed by atoms with Crippen molar-refractivity contribution in [2.45, 2.75) is 26.7 Å². The number of ether oxygens (including phenoxy) is 2. The van der Waals surface area contributed by atoms with Gasteiger partial charge in [0.05, 0.1) is 6.61 Å². The molecule has 100 valence electrons. The van der Waals surface area contributed by atoms with Crippen LogP contribution < -0.4 is 0 Å². The van der Waals surface area contributed by atoms with Gasteiger partial charge in [0.1, 0.15) is 12.4 Å². The number of unbranched alkanes of at least 4 members (excludes halogenated alkanes) is 1.